The van der Waals surface area contributed by atoms with Gasteiger partial charge in [-0.25, -0.2) is 0 Å². The predicted octanol–water partition coefficient (Wildman–Crippen LogP) is 4.46. The van der Waals surface area contributed by atoms with Gasteiger partial charge in [-0.15, -0.1) is 6.42 Å². The summed E-state index contributed by atoms with van der Waals surface area (Å²) in [4.78, 5) is 2.08. The molecule has 1 aromatic carbocycles. The van der Waals surface area contributed by atoms with E-state index in [1.54, 1.807) is 6.07 Å². The second-order valence-electron chi connectivity index (χ2n) is 5.12. The van der Waals surface area contributed by atoms with E-state index in [0.29, 0.717) is 11.7 Å². The van der Waals surface area contributed by atoms with Gasteiger partial charge in [0.25, 0.3) is 0 Å². The topological polar surface area (TPSA) is 3.24 Å². The first-order valence-corrected chi connectivity index (χ1v) is 6.92. The number of terminal acetylenes is 1. The summed E-state index contributed by atoms with van der Waals surface area (Å²) in [5.74, 6) is 2.12. The number of hydrogen-bond acceptors (Lipinski definition) is 1. The van der Waals surface area contributed by atoms with E-state index in [4.69, 9.17) is 6.42 Å². The van der Waals surface area contributed by atoms with Gasteiger partial charge in [-0.2, -0.15) is 13.2 Å². The number of halogens is 3. The van der Waals surface area contributed by atoms with Crippen LogP contribution in [0.15, 0.2) is 18.2 Å². The average molecular weight is 281 g/mol. The normalized spacial score (nSPS) is 19.8. The Kier molecular flexibility index (Phi) is 4.27. The molecule has 1 nitrogen and oxygen atoms in total. The quantitative estimate of drug-likeness (QED) is 0.724. The zero-order chi connectivity index (χ0) is 14.8. The van der Waals surface area contributed by atoms with Crippen LogP contribution in [0.3, 0.4) is 0 Å². The molecule has 1 aliphatic rings. The van der Waals surface area contributed by atoms with Crippen molar-refractivity contribution >= 4 is 5.69 Å². The second-order valence-corrected chi connectivity index (χ2v) is 5.12. The molecule has 108 valence electrons. The van der Waals surface area contributed by atoms with E-state index in [0.717, 1.165) is 32.2 Å². The Bertz CT molecular complexity index is 513. The van der Waals surface area contributed by atoms with Gasteiger partial charge in [0.05, 0.1) is 5.56 Å². The molecular formula is C16H18F3N. The molecule has 1 heterocycles. The van der Waals surface area contributed by atoms with E-state index in [2.05, 4.69) is 17.7 Å². The third-order valence-electron chi connectivity index (χ3n) is 3.89. The Morgan fingerprint density at radius 3 is 2.70 bits per heavy atom. The van der Waals surface area contributed by atoms with E-state index >= 15 is 0 Å². The molecule has 0 spiro atoms. The highest BCUT2D eigenvalue weighted by Crippen LogP contribution is 2.36. The summed E-state index contributed by atoms with van der Waals surface area (Å²) < 4.78 is 39.1. The highest BCUT2D eigenvalue weighted by Gasteiger charge is 2.34. The second kappa shape index (κ2) is 5.78. The van der Waals surface area contributed by atoms with Crippen LogP contribution in [0.25, 0.3) is 0 Å². The van der Waals surface area contributed by atoms with Gasteiger partial charge < -0.3 is 4.90 Å². The number of rotatable bonds is 2. The van der Waals surface area contributed by atoms with Crippen molar-refractivity contribution in [3.05, 3.63) is 29.3 Å². The highest BCUT2D eigenvalue weighted by atomic mass is 19.4. The Morgan fingerprint density at radius 2 is 2.10 bits per heavy atom. The fourth-order valence-corrected chi connectivity index (χ4v) is 2.84. The SMILES string of the molecule is C#Cc1ccc(N2CCCCC2CC)cc1C(F)(F)F. The van der Waals surface area contributed by atoms with Crippen LogP contribution in [-0.2, 0) is 6.18 Å². The van der Waals surface area contributed by atoms with Crippen LogP contribution >= 0.6 is 0 Å². The smallest absolute Gasteiger partial charge is 0.369 e. The molecule has 4 heteroatoms. The molecule has 1 unspecified atom stereocenters. The minimum atomic E-state index is -4.41. The van der Waals surface area contributed by atoms with Crippen LogP contribution in [0.2, 0.25) is 0 Å². The summed E-state index contributed by atoms with van der Waals surface area (Å²) >= 11 is 0. The van der Waals surface area contributed by atoms with E-state index in [-0.39, 0.29) is 5.56 Å². The monoisotopic (exact) mass is 281 g/mol. The van der Waals surface area contributed by atoms with Crippen LogP contribution in [0.1, 0.15) is 43.7 Å². The molecule has 0 radical (unpaired) electrons. The van der Waals surface area contributed by atoms with Crippen molar-refractivity contribution in [1.82, 2.24) is 0 Å². The third kappa shape index (κ3) is 2.92. The first kappa shape index (κ1) is 14.8. The van der Waals surface area contributed by atoms with Crippen molar-refractivity contribution in [2.75, 3.05) is 11.4 Å². The van der Waals surface area contributed by atoms with Gasteiger partial charge in [0.1, 0.15) is 0 Å². The summed E-state index contributed by atoms with van der Waals surface area (Å²) in [6, 6.07) is 4.63. The fourth-order valence-electron chi connectivity index (χ4n) is 2.84. The van der Waals surface area contributed by atoms with E-state index in [1.807, 2.05) is 0 Å². The van der Waals surface area contributed by atoms with Gasteiger partial charge in [0.15, 0.2) is 0 Å². The van der Waals surface area contributed by atoms with Crippen molar-refractivity contribution in [3.8, 4) is 12.3 Å². The Labute approximate surface area is 117 Å². The molecule has 1 fully saturated rings. The molecule has 20 heavy (non-hydrogen) atoms. The van der Waals surface area contributed by atoms with Crippen LogP contribution in [-0.4, -0.2) is 12.6 Å². The molecule has 0 amide bonds. The van der Waals surface area contributed by atoms with E-state index in [1.165, 1.54) is 12.1 Å². The van der Waals surface area contributed by atoms with Crippen molar-refractivity contribution in [2.24, 2.45) is 0 Å². The van der Waals surface area contributed by atoms with Crippen LogP contribution in [0.5, 0.6) is 0 Å². The Morgan fingerprint density at radius 1 is 1.35 bits per heavy atom. The predicted molar refractivity (Wildman–Crippen MR) is 74.7 cm³/mol. The summed E-state index contributed by atoms with van der Waals surface area (Å²) in [6.07, 6.45) is 4.90. The lowest BCUT2D eigenvalue weighted by Gasteiger charge is -2.37. The third-order valence-corrected chi connectivity index (χ3v) is 3.89. The van der Waals surface area contributed by atoms with Crippen LogP contribution < -0.4 is 4.90 Å². The number of alkyl halides is 3. The van der Waals surface area contributed by atoms with E-state index < -0.39 is 11.7 Å². The van der Waals surface area contributed by atoms with Crippen molar-refractivity contribution in [2.45, 2.75) is 44.8 Å². The van der Waals surface area contributed by atoms with Crippen molar-refractivity contribution in [1.29, 1.82) is 0 Å². The van der Waals surface area contributed by atoms with Gasteiger partial charge in [-0.05, 0) is 43.9 Å². The zero-order valence-corrected chi connectivity index (χ0v) is 11.5. The van der Waals surface area contributed by atoms with Gasteiger partial charge in [-0.3, -0.25) is 0 Å². The van der Waals surface area contributed by atoms with Crippen molar-refractivity contribution < 1.29 is 13.2 Å². The van der Waals surface area contributed by atoms with Gasteiger partial charge in [0.2, 0.25) is 0 Å². The molecular weight excluding hydrogens is 263 g/mol. The van der Waals surface area contributed by atoms with Crippen LogP contribution in [0.4, 0.5) is 18.9 Å². The maximum atomic E-state index is 13.0. The number of benzene rings is 1. The van der Waals surface area contributed by atoms with Gasteiger partial charge >= 0.3 is 6.18 Å². The molecule has 0 N–H and O–H groups in total. The first-order chi connectivity index (χ1) is 9.47. The van der Waals surface area contributed by atoms with E-state index in [9.17, 15) is 13.2 Å². The lowest BCUT2D eigenvalue weighted by Crippen LogP contribution is -2.39. The number of nitrogens with zero attached hydrogens (tertiary/aromatic N) is 1. The molecule has 0 aromatic heterocycles. The first-order valence-electron chi connectivity index (χ1n) is 6.92. The largest absolute Gasteiger partial charge is 0.417 e. The minimum absolute atomic E-state index is 0.0914. The average Bonchev–Trinajstić information content (AvgIpc) is 2.45. The maximum Gasteiger partial charge on any atom is 0.417 e. The molecule has 0 aliphatic carbocycles. The molecule has 1 aliphatic heterocycles. The lowest BCUT2D eigenvalue weighted by atomic mass is 9.98. The molecule has 1 aromatic rings. The minimum Gasteiger partial charge on any atom is -0.369 e. The Balaban J connectivity index is 2.40. The number of hydrogen-bond donors (Lipinski definition) is 0. The van der Waals surface area contributed by atoms with Crippen LogP contribution in [0, 0.1) is 12.3 Å². The molecule has 1 saturated heterocycles. The summed E-state index contributed by atoms with van der Waals surface area (Å²) in [5.41, 5.74) is -0.174. The highest BCUT2D eigenvalue weighted by molar-refractivity contribution is 5.56. The molecule has 2 rings (SSSR count). The molecule has 1 atom stereocenters. The van der Waals surface area contributed by atoms with Crippen molar-refractivity contribution in [3.63, 3.8) is 0 Å². The standard InChI is InChI=1S/C16H18F3N/c1-3-12-8-9-14(11-15(12)16(17,18)19)20-10-6-5-7-13(20)4-2/h1,8-9,11,13H,4-7,10H2,2H3. The number of anilines is 1. The summed E-state index contributed by atoms with van der Waals surface area (Å²) in [7, 11) is 0. The lowest BCUT2D eigenvalue weighted by molar-refractivity contribution is -0.137. The van der Waals surface area contributed by atoms with Gasteiger partial charge in [0, 0.05) is 23.8 Å². The summed E-state index contributed by atoms with van der Waals surface area (Å²) in [5, 5.41) is 0. The maximum absolute atomic E-state index is 13.0. The molecule has 0 bridgehead atoms. The Hall–Kier alpha value is -1.63. The molecule has 0 saturated carbocycles. The number of piperidine rings is 1. The zero-order valence-electron chi connectivity index (χ0n) is 11.5. The fraction of sp³-hybridized carbons (Fsp3) is 0.500. The van der Waals surface area contributed by atoms with Gasteiger partial charge in [-0.1, -0.05) is 12.8 Å². The summed E-state index contributed by atoms with van der Waals surface area (Å²) in [6.45, 7) is 2.88.